The molecule has 2 aliphatic carbocycles. The molecule has 3 aliphatic heterocycles. The van der Waals surface area contributed by atoms with Crippen LogP contribution in [0.2, 0.25) is 0 Å². The Morgan fingerprint density at radius 3 is 2.62 bits per heavy atom. The van der Waals surface area contributed by atoms with E-state index >= 15 is 0 Å². The summed E-state index contributed by atoms with van der Waals surface area (Å²) in [6, 6.07) is 7.40. The Kier molecular flexibility index (Phi) is 10.8. The van der Waals surface area contributed by atoms with E-state index in [1.807, 2.05) is 6.20 Å². The zero-order valence-electron chi connectivity index (χ0n) is 36.3. The number of hydrazine groups is 1. The zero-order valence-corrected chi connectivity index (χ0v) is 37.1. The summed E-state index contributed by atoms with van der Waals surface area (Å²) in [5.74, 6) is 0.0173. The van der Waals surface area contributed by atoms with Crippen molar-refractivity contribution in [2.24, 2.45) is 35.0 Å². The number of thiazole rings is 1. The van der Waals surface area contributed by atoms with Crippen molar-refractivity contribution in [3.63, 3.8) is 0 Å². The number of benzene rings is 1. The Labute approximate surface area is 357 Å². The molecule has 4 fully saturated rings. The molecule has 4 aromatic rings. The van der Waals surface area contributed by atoms with Crippen molar-refractivity contribution >= 4 is 45.7 Å². The third-order valence-corrected chi connectivity index (χ3v) is 15.0. The fraction of sp³-hybridized carbons (Fsp3) is 0.587. The van der Waals surface area contributed by atoms with Crippen LogP contribution in [0.5, 0.6) is 0 Å². The van der Waals surface area contributed by atoms with Gasteiger partial charge in [0, 0.05) is 91.5 Å². The summed E-state index contributed by atoms with van der Waals surface area (Å²) in [6.07, 6.45) is 3.46. The average Bonchev–Trinajstić information content (AvgIpc) is 4.04. The third kappa shape index (κ3) is 7.62. The number of amides is 2. The number of nitrogens with one attached hydrogen (secondary N) is 2. The van der Waals surface area contributed by atoms with Gasteiger partial charge in [0.25, 0.3) is 5.91 Å². The second kappa shape index (κ2) is 15.8. The minimum atomic E-state index is -0.831. The van der Waals surface area contributed by atoms with E-state index in [0.29, 0.717) is 13.0 Å². The van der Waals surface area contributed by atoms with Gasteiger partial charge in [-0.1, -0.05) is 33.8 Å². The summed E-state index contributed by atoms with van der Waals surface area (Å²) in [5, 5.41) is 8.61. The number of methoxy groups -OCH3 is 1. The normalized spacial score (nSPS) is 28.5. The molecule has 2 amide bonds. The molecule has 6 bridgehead atoms. The number of rotatable bonds is 7. The molecule has 14 heteroatoms. The molecular weight excluding hydrogens is 777 g/mol. The predicted molar refractivity (Wildman–Crippen MR) is 233 cm³/mol. The van der Waals surface area contributed by atoms with Crippen LogP contribution in [0.3, 0.4) is 0 Å². The van der Waals surface area contributed by atoms with Gasteiger partial charge in [0.2, 0.25) is 5.91 Å². The van der Waals surface area contributed by atoms with Crippen LogP contribution in [0.25, 0.3) is 33.4 Å². The number of aromatic nitrogens is 3. The quantitative estimate of drug-likeness (QED) is 0.223. The van der Waals surface area contributed by atoms with Crippen LogP contribution >= 0.6 is 11.3 Å². The molecule has 1 aromatic carbocycles. The molecule has 8 atom stereocenters. The summed E-state index contributed by atoms with van der Waals surface area (Å²) >= 11 is 1.50. The number of pyridine rings is 1. The van der Waals surface area contributed by atoms with Crippen molar-refractivity contribution in [1.29, 1.82) is 0 Å². The van der Waals surface area contributed by atoms with Gasteiger partial charge in [0.15, 0.2) is 0 Å². The number of cyclic esters (lactones) is 1. The number of hydrogen-bond donors (Lipinski definition) is 2. The second-order valence-corrected chi connectivity index (χ2v) is 19.8. The highest BCUT2D eigenvalue weighted by Crippen LogP contribution is 2.47. The van der Waals surface area contributed by atoms with E-state index in [9.17, 15) is 14.4 Å². The van der Waals surface area contributed by atoms with Gasteiger partial charge >= 0.3 is 5.97 Å². The zero-order chi connectivity index (χ0) is 42.2. The average molecular weight is 837 g/mol. The molecule has 0 spiro atoms. The van der Waals surface area contributed by atoms with Crippen LogP contribution in [0.15, 0.2) is 35.8 Å². The highest BCUT2D eigenvalue weighted by molar-refractivity contribution is 7.10. The first-order valence-electron chi connectivity index (χ1n) is 21.9. The summed E-state index contributed by atoms with van der Waals surface area (Å²) < 4.78 is 14.6. The molecule has 13 nitrogen and oxygen atoms in total. The number of aryl methyl sites for hydroxylation is 1. The van der Waals surface area contributed by atoms with Crippen molar-refractivity contribution in [1.82, 2.24) is 35.2 Å². The van der Waals surface area contributed by atoms with Crippen LogP contribution in [0, 0.1) is 35.0 Å². The molecule has 2 saturated carbocycles. The number of carbonyl (C=O) groups excluding carboxylic acids is 3. The van der Waals surface area contributed by atoms with Gasteiger partial charge in [-0.2, -0.15) is 0 Å². The van der Waals surface area contributed by atoms with Crippen molar-refractivity contribution in [3.05, 3.63) is 52.1 Å². The maximum atomic E-state index is 14.4. The maximum Gasteiger partial charge on any atom is 0.325 e. The van der Waals surface area contributed by atoms with E-state index in [0.717, 1.165) is 94.5 Å². The number of nitrogens with zero attached hydrogens (tertiary/aromatic N) is 6. The molecule has 60 heavy (non-hydrogen) atoms. The number of piperazine rings is 1. The molecule has 2 N–H and O–H groups in total. The molecule has 1 unspecified atom stereocenters. The highest BCUT2D eigenvalue weighted by atomic mass is 32.1. The molecular formula is C46H60N8O5S. The van der Waals surface area contributed by atoms with Crippen LogP contribution in [0.1, 0.15) is 70.3 Å². The molecule has 5 aliphatic rings. The molecule has 6 heterocycles. The lowest BCUT2D eigenvalue weighted by molar-refractivity contribution is -0.156. The Balaban J connectivity index is 1.17. The Hall–Kier alpha value is -4.37. The monoisotopic (exact) mass is 836 g/mol. The first kappa shape index (κ1) is 41.0. The van der Waals surface area contributed by atoms with Crippen molar-refractivity contribution < 1.29 is 23.9 Å². The Bertz CT molecular complexity index is 2310. The summed E-state index contributed by atoms with van der Waals surface area (Å²) in [4.78, 5) is 57.0. The number of esters is 1. The standard InChI is InChI=1S/C46H60N8O5S/c1-9-53-37-11-10-28-16-32(37)34(42(53)33-18-30(21-47-40(33)27(4)58-8)52-14-12-51(7)13-15-52)20-46(5,6)24-59-45(57)41-31-17-29(31)22-54(50-41)44(56)35(19-38-48-36(28)23-60-38)49-43(55)39-25(2)26(39)3/h10-11,16,18,21,23,25-27,29,31,35,39,41,50H,9,12-15,17,19-20,22,24H2,1-8H3,(H,49,55)/t25-,26+,27-,29-,31-,35-,39?,41-/m0/s1. The summed E-state index contributed by atoms with van der Waals surface area (Å²) in [6.45, 7) is 17.9. The van der Waals surface area contributed by atoms with Gasteiger partial charge in [-0.3, -0.25) is 24.4 Å². The van der Waals surface area contributed by atoms with E-state index in [2.05, 4.69) is 103 Å². The van der Waals surface area contributed by atoms with Crippen LogP contribution < -0.4 is 15.6 Å². The van der Waals surface area contributed by atoms with Gasteiger partial charge in [0.1, 0.15) is 12.1 Å². The van der Waals surface area contributed by atoms with E-state index < -0.39 is 17.5 Å². The lowest BCUT2D eigenvalue weighted by Crippen LogP contribution is -2.61. The Morgan fingerprint density at radius 1 is 1.13 bits per heavy atom. The first-order valence-corrected chi connectivity index (χ1v) is 22.7. The van der Waals surface area contributed by atoms with Gasteiger partial charge in [0.05, 0.1) is 46.7 Å². The van der Waals surface area contributed by atoms with Crippen molar-refractivity contribution in [2.75, 3.05) is 58.4 Å². The van der Waals surface area contributed by atoms with Gasteiger partial charge in [-0.15, -0.1) is 11.3 Å². The number of likely N-dealkylation sites (N-methyl/N-ethyl adjacent to an activating group) is 1. The highest BCUT2D eigenvalue weighted by Gasteiger charge is 2.54. The first-order chi connectivity index (χ1) is 28.7. The topological polar surface area (TPSA) is 134 Å². The van der Waals surface area contributed by atoms with E-state index in [1.54, 1.807) is 12.1 Å². The summed E-state index contributed by atoms with van der Waals surface area (Å²) in [5.41, 5.74) is 11.0. The molecule has 3 aromatic heterocycles. The van der Waals surface area contributed by atoms with Crippen LogP contribution in [0.4, 0.5) is 5.69 Å². The van der Waals surface area contributed by atoms with Crippen LogP contribution in [-0.2, 0) is 43.2 Å². The number of anilines is 1. The molecule has 320 valence electrons. The van der Waals surface area contributed by atoms with Gasteiger partial charge in [-0.25, -0.2) is 10.4 Å². The Morgan fingerprint density at radius 2 is 1.90 bits per heavy atom. The fourth-order valence-corrected chi connectivity index (χ4v) is 10.8. The van der Waals surface area contributed by atoms with E-state index in [1.165, 1.54) is 11.3 Å². The SMILES string of the molecule is CCn1c(-c2cc(N3CCN(C)CC3)cnc2[C@H](C)OC)c2c3cc(ccc31)-c1csc(n1)C[C@H](NC(=O)C1[C@@H](C)[C@H]1C)C(=O)N1C[C@@H]3C[C@@H]3[C@H](N1)C(=O)OCC(C)(C)C2. The third-order valence-electron chi connectivity index (χ3n) is 14.1. The number of carbonyl (C=O) groups is 3. The predicted octanol–water partition coefficient (Wildman–Crippen LogP) is 5.71. The smallest absolute Gasteiger partial charge is 0.325 e. The number of hydrogen-bond acceptors (Lipinski definition) is 11. The van der Waals surface area contributed by atoms with Crippen molar-refractivity contribution in [3.8, 4) is 22.5 Å². The number of fused-ring (bicyclic) bond motifs is 8. The van der Waals surface area contributed by atoms with Gasteiger partial charge < -0.3 is 29.2 Å². The van der Waals surface area contributed by atoms with Crippen LogP contribution in [-0.4, -0.2) is 108 Å². The van der Waals surface area contributed by atoms with E-state index in [-0.39, 0.29) is 66.5 Å². The molecule has 2 saturated heterocycles. The second-order valence-electron chi connectivity index (χ2n) is 18.9. The fourth-order valence-electron chi connectivity index (χ4n) is 9.94. The minimum absolute atomic E-state index is 0.103. The largest absolute Gasteiger partial charge is 0.464 e. The lowest BCUT2D eigenvalue weighted by atomic mass is 9.84. The molecule has 9 rings (SSSR count). The van der Waals surface area contributed by atoms with E-state index in [4.69, 9.17) is 19.4 Å². The molecule has 0 radical (unpaired) electrons. The lowest BCUT2D eigenvalue weighted by Gasteiger charge is -2.35. The maximum absolute atomic E-state index is 14.4. The van der Waals surface area contributed by atoms with Crippen molar-refractivity contribution in [2.45, 2.75) is 85.5 Å². The number of ether oxygens (including phenoxy) is 2. The summed E-state index contributed by atoms with van der Waals surface area (Å²) in [7, 11) is 3.90. The minimum Gasteiger partial charge on any atom is -0.464 e. The van der Waals surface area contributed by atoms with Gasteiger partial charge in [-0.05, 0) is 81.2 Å².